The SMILES string of the molecule is O=C(/C=C/c1cccs1)c1cc(Cl)cc(Br)c1O. The molecule has 0 saturated carbocycles. The van der Waals surface area contributed by atoms with Crippen molar-refractivity contribution in [1.82, 2.24) is 0 Å². The summed E-state index contributed by atoms with van der Waals surface area (Å²) in [5.41, 5.74) is 0.183. The average molecular weight is 344 g/mol. The molecule has 0 aliphatic carbocycles. The number of phenols is 1. The zero-order chi connectivity index (χ0) is 13.1. The lowest BCUT2D eigenvalue weighted by atomic mass is 10.1. The van der Waals surface area contributed by atoms with Gasteiger partial charge in [0.2, 0.25) is 0 Å². The third kappa shape index (κ3) is 3.02. The van der Waals surface area contributed by atoms with E-state index in [9.17, 15) is 9.90 Å². The molecule has 0 bridgehead atoms. The largest absolute Gasteiger partial charge is 0.506 e. The summed E-state index contributed by atoms with van der Waals surface area (Å²) in [5, 5.41) is 12.1. The lowest BCUT2D eigenvalue weighted by molar-refractivity contribution is 0.104. The summed E-state index contributed by atoms with van der Waals surface area (Å²) in [4.78, 5) is 12.9. The van der Waals surface area contributed by atoms with Crippen LogP contribution in [-0.4, -0.2) is 10.9 Å². The number of halogens is 2. The predicted octanol–water partition coefficient (Wildman–Crippen LogP) is 4.77. The van der Waals surface area contributed by atoms with Crippen LogP contribution in [0.2, 0.25) is 5.02 Å². The molecular weight excluding hydrogens is 336 g/mol. The van der Waals surface area contributed by atoms with Gasteiger partial charge in [0, 0.05) is 9.90 Å². The number of ketones is 1. The zero-order valence-corrected chi connectivity index (χ0v) is 12.2. The maximum absolute atomic E-state index is 11.9. The molecule has 0 fully saturated rings. The number of benzene rings is 1. The summed E-state index contributed by atoms with van der Waals surface area (Å²) < 4.78 is 0.405. The Morgan fingerprint density at radius 3 is 2.89 bits per heavy atom. The van der Waals surface area contributed by atoms with Crippen LogP contribution in [0.15, 0.2) is 40.2 Å². The average Bonchev–Trinajstić information content (AvgIpc) is 2.83. The normalized spacial score (nSPS) is 11.0. The maximum atomic E-state index is 11.9. The molecule has 0 atom stereocenters. The molecule has 1 aromatic carbocycles. The van der Waals surface area contributed by atoms with E-state index in [-0.39, 0.29) is 17.1 Å². The minimum atomic E-state index is -0.288. The van der Waals surface area contributed by atoms with Crippen LogP contribution in [-0.2, 0) is 0 Å². The van der Waals surface area contributed by atoms with Crippen molar-refractivity contribution in [3.8, 4) is 5.75 Å². The number of hydrogen-bond donors (Lipinski definition) is 1. The second-order valence-corrected chi connectivity index (χ2v) is 5.77. The van der Waals surface area contributed by atoms with Crippen molar-refractivity contribution in [2.45, 2.75) is 0 Å². The summed E-state index contributed by atoms with van der Waals surface area (Å²) in [5.74, 6) is -0.385. The van der Waals surface area contributed by atoms with Crippen LogP contribution in [0.4, 0.5) is 0 Å². The van der Waals surface area contributed by atoms with Crippen molar-refractivity contribution in [2.24, 2.45) is 0 Å². The third-order valence-corrected chi connectivity index (χ3v) is 3.90. The van der Waals surface area contributed by atoms with Crippen LogP contribution < -0.4 is 0 Å². The first-order chi connectivity index (χ1) is 8.58. The summed E-state index contributed by atoms with van der Waals surface area (Å²) >= 11 is 10.5. The second-order valence-electron chi connectivity index (χ2n) is 3.50. The molecule has 0 amide bonds. The van der Waals surface area contributed by atoms with E-state index >= 15 is 0 Å². The highest BCUT2D eigenvalue weighted by molar-refractivity contribution is 9.10. The van der Waals surface area contributed by atoms with Gasteiger partial charge in [-0.15, -0.1) is 11.3 Å². The summed E-state index contributed by atoms with van der Waals surface area (Å²) in [6.07, 6.45) is 3.13. The van der Waals surface area contributed by atoms with E-state index in [4.69, 9.17) is 11.6 Å². The number of hydrogen-bond acceptors (Lipinski definition) is 3. The molecule has 1 heterocycles. The molecule has 0 spiro atoms. The third-order valence-electron chi connectivity index (χ3n) is 2.24. The smallest absolute Gasteiger partial charge is 0.189 e. The lowest BCUT2D eigenvalue weighted by Gasteiger charge is -2.03. The van der Waals surface area contributed by atoms with Crippen LogP contribution in [0, 0.1) is 0 Å². The molecule has 0 saturated heterocycles. The van der Waals surface area contributed by atoms with Crippen LogP contribution in [0.25, 0.3) is 6.08 Å². The number of allylic oxidation sites excluding steroid dienone is 1. The van der Waals surface area contributed by atoms with Crippen molar-refractivity contribution >= 4 is 50.7 Å². The van der Waals surface area contributed by atoms with E-state index in [1.54, 1.807) is 6.08 Å². The van der Waals surface area contributed by atoms with Crippen molar-refractivity contribution < 1.29 is 9.90 Å². The molecule has 5 heteroatoms. The molecular formula is C13H8BrClO2S. The molecule has 0 unspecified atom stereocenters. The molecule has 18 heavy (non-hydrogen) atoms. The Labute approximate surface area is 122 Å². The first-order valence-electron chi connectivity index (χ1n) is 5.02. The van der Waals surface area contributed by atoms with Gasteiger partial charge in [-0.2, -0.15) is 0 Å². The fourth-order valence-electron chi connectivity index (χ4n) is 1.39. The number of thiophene rings is 1. The highest BCUT2D eigenvalue weighted by Crippen LogP contribution is 2.32. The minimum Gasteiger partial charge on any atom is -0.506 e. The van der Waals surface area contributed by atoms with Crippen molar-refractivity contribution in [1.29, 1.82) is 0 Å². The summed E-state index contributed by atoms with van der Waals surface area (Å²) in [6, 6.07) is 6.80. The molecule has 2 aromatic rings. The topological polar surface area (TPSA) is 37.3 Å². The number of phenolic OH excluding ortho intramolecular Hbond substituents is 1. The van der Waals surface area contributed by atoms with Gasteiger partial charge in [0.15, 0.2) is 5.78 Å². The van der Waals surface area contributed by atoms with E-state index in [1.807, 2.05) is 17.5 Å². The Kier molecular flexibility index (Phi) is 4.22. The first-order valence-corrected chi connectivity index (χ1v) is 7.07. The fraction of sp³-hybridized carbons (Fsp3) is 0. The van der Waals surface area contributed by atoms with E-state index in [0.717, 1.165) is 4.88 Å². The molecule has 1 N–H and O–H groups in total. The van der Waals surface area contributed by atoms with E-state index in [2.05, 4.69) is 15.9 Å². The molecule has 0 aliphatic heterocycles. The Hall–Kier alpha value is -1.10. The van der Waals surface area contributed by atoms with Gasteiger partial charge >= 0.3 is 0 Å². The number of rotatable bonds is 3. The first kappa shape index (κ1) is 13.3. The van der Waals surface area contributed by atoms with Crippen molar-refractivity contribution in [2.75, 3.05) is 0 Å². The van der Waals surface area contributed by atoms with Crippen LogP contribution in [0.3, 0.4) is 0 Å². The van der Waals surface area contributed by atoms with Crippen LogP contribution in [0.1, 0.15) is 15.2 Å². The molecule has 1 aromatic heterocycles. The Balaban J connectivity index is 2.29. The van der Waals surface area contributed by atoms with E-state index in [1.165, 1.54) is 29.5 Å². The Bertz CT molecular complexity index is 606. The van der Waals surface area contributed by atoms with Gasteiger partial charge in [-0.05, 0) is 51.7 Å². The predicted molar refractivity (Wildman–Crippen MR) is 78.5 cm³/mol. The molecule has 0 aliphatic rings. The minimum absolute atomic E-state index is 0.0970. The van der Waals surface area contributed by atoms with Gasteiger partial charge in [-0.25, -0.2) is 0 Å². The van der Waals surface area contributed by atoms with Gasteiger partial charge in [0.1, 0.15) is 5.75 Å². The van der Waals surface area contributed by atoms with Crippen molar-refractivity contribution in [3.63, 3.8) is 0 Å². The van der Waals surface area contributed by atoms with E-state index in [0.29, 0.717) is 9.50 Å². The standard InChI is InChI=1S/C13H8BrClO2S/c14-11-7-8(15)6-10(13(11)17)12(16)4-3-9-2-1-5-18-9/h1-7,17H/b4-3+. The fourth-order valence-corrected chi connectivity index (χ4v) is 2.82. The van der Waals surface area contributed by atoms with Crippen LogP contribution in [0.5, 0.6) is 5.75 Å². The Morgan fingerprint density at radius 1 is 1.44 bits per heavy atom. The quantitative estimate of drug-likeness (QED) is 0.644. The molecule has 92 valence electrons. The van der Waals surface area contributed by atoms with Gasteiger partial charge in [-0.1, -0.05) is 17.7 Å². The highest BCUT2D eigenvalue weighted by atomic mass is 79.9. The number of carbonyl (C=O) groups excluding carboxylic acids is 1. The molecule has 2 rings (SSSR count). The van der Waals surface area contributed by atoms with Gasteiger partial charge in [-0.3, -0.25) is 4.79 Å². The summed E-state index contributed by atoms with van der Waals surface area (Å²) in [7, 11) is 0. The molecule has 0 radical (unpaired) electrons. The summed E-state index contributed by atoms with van der Waals surface area (Å²) in [6.45, 7) is 0. The maximum Gasteiger partial charge on any atom is 0.189 e. The van der Waals surface area contributed by atoms with Gasteiger partial charge in [0.25, 0.3) is 0 Å². The zero-order valence-electron chi connectivity index (χ0n) is 9.06. The number of aromatic hydroxyl groups is 1. The van der Waals surface area contributed by atoms with Crippen LogP contribution >= 0.6 is 38.9 Å². The second kappa shape index (κ2) is 5.69. The monoisotopic (exact) mass is 342 g/mol. The lowest BCUT2D eigenvalue weighted by Crippen LogP contribution is -1.95. The highest BCUT2D eigenvalue weighted by Gasteiger charge is 2.12. The van der Waals surface area contributed by atoms with Gasteiger partial charge < -0.3 is 5.11 Å². The van der Waals surface area contributed by atoms with E-state index < -0.39 is 0 Å². The molecule has 2 nitrogen and oxygen atoms in total. The number of carbonyl (C=O) groups is 1. The Morgan fingerprint density at radius 2 is 2.22 bits per heavy atom. The van der Waals surface area contributed by atoms with Gasteiger partial charge in [0.05, 0.1) is 10.0 Å². The van der Waals surface area contributed by atoms with Crippen molar-refractivity contribution in [3.05, 3.63) is 55.7 Å².